The second-order valence-corrected chi connectivity index (χ2v) is 21.5. The van der Waals surface area contributed by atoms with Crippen LogP contribution in [0.25, 0.3) is 22.1 Å². The summed E-state index contributed by atoms with van der Waals surface area (Å²) in [4.78, 5) is 75.7. The number of hydrogen-bond donors (Lipinski definition) is 2. The van der Waals surface area contributed by atoms with E-state index in [4.69, 9.17) is 19.4 Å². The summed E-state index contributed by atoms with van der Waals surface area (Å²) in [5.41, 5.74) is 5.75. The molecule has 0 radical (unpaired) electrons. The number of rotatable bonds is 14. The molecule has 0 bridgehead atoms. The van der Waals surface area contributed by atoms with Gasteiger partial charge in [0, 0.05) is 24.3 Å². The first-order valence-electron chi connectivity index (χ1n) is 25.7. The van der Waals surface area contributed by atoms with E-state index in [1.54, 1.807) is 12.1 Å². The predicted molar refractivity (Wildman–Crippen MR) is 261 cm³/mol. The van der Waals surface area contributed by atoms with E-state index in [9.17, 15) is 19.2 Å². The molecule has 13 nitrogen and oxygen atoms in total. The number of amides is 2. The second kappa shape index (κ2) is 19.4. The first kappa shape index (κ1) is 47.8. The number of nitrogens with zero attached hydrogens (tertiary/aromatic N) is 5. The molecule has 2 aromatic heterocycles. The third-order valence-electron chi connectivity index (χ3n) is 16.9. The number of aromatic nitrogens is 4. The Morgan fingerprint density at radius 3 is 1.47 bits per heavy atom. The van der Waals surface area contributed by atoms with E-state index in [0.717, 1.165) is 84.6 Å². The lowest BCUT2D eigenvalue weighted by Crippen LogP contribution is -2.39. The molecule has 5 aromatic rings. The number of imidazole rings is 2. The van der Waals surface area contributed by atoms with Gasteiger partial charge < -0.3 is 34.1 Å². The molecule has 2 aliphatic carbocycles. The predicted octanol–water partition coefficient (Wildman–Crippen LogP) is 10.7. The maximum absolute atomic E-state index is 16.6. The van der Waals surface area contributed by atoms with Crippen molar-refractivity contribution in [2.24, 2.45) is 35.5 Å². The van der Waals surface area contributed by atoms with Crippen LogP contribution in [0.2, 0.25) is 0 Å². The first-order chi connectivity index (χ1) is 33.7. The summed E-state index contributed by atoms with van der Waals surface area (Å²) in [5, 5.41) is 0. The van der Waals surface area contributed by atoms with E-state index < -0.39 is 35.4 Å². The van der Waals surface area contributed by atoms with Gasteiger partial charge in [-0.25, -0.2) is 18.7 Å². The van der Waals surface area contributed by atoms with Crippen LogP contribution in [-0.4, -0.2) is 80.8 Å². The molecule has 372 valence electrons. The molecule has 5 fully saturated rings. The standard InChI is InChI=1S/C55H67F2N7O6/c1-29(2)37(27-49(65)69-5)54(67)62-19-7-9-47(62)52-58-41-15-13-33(23-43(41)60-52)45-17-18-46(64(45)36-25-39(56)51(40(57)26-36)35-21-31-11-12-32(31)22-35)34-14-16-42-44(24-34)61-53(59-42)48-10-8-20-63(48)55(68)38(30(3)4)28-50(66)70-6/h13-16,23-26,29-32,35,37-38,45-48H,7-12,17-22,27-28H2,1-6H3,(H,58,60)(H,59,61)/t31-,32+,35?,37-,38-,45+,46+,47-,48-/m0/s1. The van der Waals surface area contributed by atoms with Gasteiger partial charge in [-0.05, 0) is 141 Å². The quantitative estimate of drug-likeness (QED) is 0.104. The van der Waals surface area contributed by atoms with Crippen molar-refractivity contribution in [3.05, 3.63) is 88.5 Å². The third kappa shape index (κ3) is 8.84. The van der Waals surface area contributed by atoms with Crippen LogP contribution < -0.4 is 4.90 Å². The lowest BCUT2D eigenvalue weighted by atomic mass is 9.77. The summed E-state index contributed by atoms with van der Waals surface area (Å²) in [6.45, 7) is 8.95. The lowest BCUT2D eigenvalue weighted by molar-refractivity contribution is -0.148. The molecule has 2 amide bonds. The lowest BCUT2D eigenvalue weighted by Gasteiger charge is -2.34. The molecule has 70 heavy (non-hydrogen) atoms. The highest BCUT2D eigenvalue weighted by molar-refractivity contribution is 5.86. The Kier molecular flexibility index (Phi) is 13.2. The monoisotopic (exact) mass is 960 g/mol. The number of ether oxygens (including phenoxy) is 2. The summed E-state index contributed by atoms with van der Waals surface area (Å²) in [7, 11) is 2.68. The van der Waals surface area contributed by atoms with Crippen molar-refractivity contribution in [1.29, 1.82) is 0 Å². The van der Waals surface area contributed by atoms with Crippen LogP contribution in [0.4, 0.5) is 14.5 Å². The van der Waals surface area contributed by atoms with E-state index in [-0.39, 0.29) is 72.1 Å². The van der Waals surface area contributed by atoms with Gasteiger partial charge in [0.1, 0.15) is 23.3 Å². The van der Waals surface area contributed by atoms with Gasteiger partial charge in [-0.1, -0.05) is 39.8 Å². The minimum Gasteiger partial charge on any atom is -0.469 e. The first-order valence-corrected chi connectivity index (χ1v) is 25.7. The van der Waals surface area contributed by atoms with Gasteiger partial charge in [-0.15, -0.1) is 0 Å². The minimum atomic E-state index is -0.505. The van der Waals surface area contributed by atoms with Gasteiger partial charge in [-0.3, -0.25) is 19.2 Å². The van der Waals surface area contributed by atoms with Gasteiger partial charge in [0.25, 0.3) is 0 Å². The fourth-order valence-corrected chi connectivity index (χ4v) is 12.9. The molecule has 2 saturated carbocycles. The Balaban J connectivity index is 0.967. The Hall–Kier alpha value is -5.86. The Morgan fingerprint density at radius 2 is 1.07 bits per heavy atom. The number of aromatic amines is 2. The molecule has 15 heteroatoms. The van der Waals surface area contributed by atoms with E-state index in [0.29, 0.717) is 55.1 Å². The number of carbonyl (C=O) groups is 4. The van der Waals surface area contributed by atoms with Crippen molar-refractivity contribution in [1.82, 2.24) is 29.7 Å². The number of halogens is 2. The number of nitrogens with one attached hydrogen (secondary N) is 2. The normalized spacial score (nSPS) is 25.3. The number of hydrogen-bond acceptors (Lipinski definition) is 9. The molecule has 5 aliphatic rings. The molecule has 1 unspecified atom stereocenters. The van der Waals surface area contributed by atoms with Crippen LogP contribution in [0, 0.1) is 47.1 Å². The number of methoxy groups -OCH3 is 2. The second-order valence-electron chi connectivity index (χ2n) is 21.5. The number of H-pyrrole nitrogens is 2. The zero-order chi connectivity index (χ0) is 49.1. The van der Waals surface area contributed by atoms with Crippen molar-refractivity contribution in [3.63, 3.8) is 0 Å². The van der Waals surface area contributed by atoms with Gasteiger partial charge in [0.15, 0.2) is 0 Å². The highest BCUT2D eigenvalue weighted by Crippen LogP contribution is 2.55. The molecule has 10 rings (SSSR count). The number of fused-ring (bicyclic) bond motifs is 3. The van der Waals surface area contributed by atoms with Crippen LogP contribution in [0.5, 0.6) is 0 Å². The maximum Gasteiger partial charge on any atom is 0.306 e. The van der Waals surface area contributed by atoms with Crippen molar-refractivity contribution in [3.8, 4) is 0 Å². The maximum atomic E-state index is 16.6. The molecule has 3 aliphatic heterocycles. The zero-order valence-corrected chi connectivity index (χ0v) is 41.3. The SMILES string of the molecule is COC(=O)C[C@H](C(=O)N1CCC[C@H]1c1nc2cc([C@H]3CC[C@H](c4ccc5[nH]c([C@@H]6CCCN6C(=O)[C@@H](CC(=O)OC)C(C)C)nc5c4)N3c3cc(F)c(C4C[C@H]5CC[C@H]5C4)c(F)c3)ccc2[nH]1)C(C)C. The number of anilines is 1. The average molecular weight is 960 g/mol. The van der Waals surface area contributed by atoms with Crippen LogP contribution >= 0.6 is 0 Å². The highest BCUT2D eigenvalue weighted by Gasteiger charge is 2.44. The number of esters is 2. The van der Waals surface area contributed by atoms with Gasteiger partial charge in [0.2, 0.25) is 11.8 Å². The topological polar surface area (TPSA) is 154 Å². The smallest absolute Gasteiger partial charge is 0.306 e. The molecule has 9 atom stereocenters. The van der Waals surface area contributed by atoms with E-state index in [2.05, 4.69) is 39.1 Å². The fourth-order valence-electron chi connectivity index (χ4n) is 12.9. The molecule has 3 saturated heterocycles. The van der Waals surface area contributed by atoms with Crippen molar-refractivity contribution in [2.75, 3.05) is 32.2 Å². The van der Waals surface area contributed by atoms with Crippen LogP contribution in [-0.2, 0) is 28.7 Å². The zero-order valence-electron chi connectivity index (χ0n) is 41.3. The van der Waals surface area contributed by atoms with Crippen LogP contribution in [0.3, 0.4) is 0 Å². The van der Waals surface area contributed by atoms with Crippen LogP contribution in [0.15, 0.2) is 48.5 Å². The largest absolute Gasteiger partial charge is 0.469 e. The van der Waals surface area contributed by atoms with E-state index in [1.165, 1.54) is 14.2 Å². The average Bonchev–Trinajstić information content (AvgIpc) is 4.20. The summed E-state index contributed by atoms with van der Waals surface area (Å²) in [6.07, 6.45) is 8.52. The summed E-state index contributed by atoms with van der Waals surface area (Å²) in [6, 6.07) is 14.3. The Morgan fingerprint density at radius 1 is 0.629 bits per heavy atom. The molecule has 5 heterocycles. The molecular formula is C55H67F2N7O6. The van der Waals surface area contributed by atoms with Crippen LogP contribution in [0.1, 0.15) is 163 Å². The van der Waals surface area contributed by atoms with Crippen molar-refractivity contribution < 1.29 is 37.4 Å². The van der Waals surface area contributed by atoms with E-state index >= 15 is 8.78 Å². The third-order valence-corrected chi connectivity index (χ3v) is 16.9. The van der Waals surface area contributed by atoms with Crippen molar-refractivity contribution >= 4 is 51.5 Å². The molecule has 0 spiro atoms. The van der Waals surface area contributed by atoms with Gasteiger partial charge in [-0.2, -0.15) is 0 Å². The van der Waals surface area contributed by atoms with Gasteiger partial charge in [0.05, 0.1) is 85.1 Å². The summed E-state index contributed by atoms with van der Waals surface area (Å²) in [5.74, 6) is -0.668. The van der Waals surface area contributed by atoms with Crippen molar-refractivity contribution in [2.45, 2.75) is 135 Å². The highest BCUT2D eigenvalue weighted by atomic mass is 19.1. The molecule has 2 N–H and O–H groups in total. The number of likely N-dealkylation sites (tertiary alicyclic amines) is 2. The summed E-state index contributed by atoms with van der Waals surface area (Å²) >= 11 is 0. The summed E-state index contributed by atoms with van der Waals surface area (Å²) < 4.78 is 43.1. The Labute approximate surface area is 408 Å². The van der Waals surface area contributed by atoms with E-state index in [1.807, 2.05) is 49.6 Å². The number of carbonyl (C=O) groups excluding carboxylic acids is 4. The Bertz CT molecular complexity index is 2620. The van der Waals surface area contributed by atoms with Gasteiger partial charge >= 0.3 is 11.9 Å². The fraction of sp³-hybridized carbons (Fsp3) is 0.564. The molecule has 3 aromatic carbocycles. The molecular weight excluding hydrogens is 893 g/mol. The minimum absolute atomic E-state index is 0.0222. The number of benzene rings is 3.